The first-order valence-electron chi connectivity index (χ1n) is 6.12. The molecular formula is C12H23NO2. The van der Waals surface area contributed by atoms with Crippen LogP contribution < -0.4 is 0 Å². The van der Waals surface area contributed by atoms with Crippen LogP contribution in [-0.4, -0.2) is 35.6 Å². The minimum absolute atomic E-state index is 0.213. The maximum atomic E-state index is 12.0. The molecule has 3 heteroatoms. The summed E-state index contributed by atoms with van der Waals surface area (Å²) in [5.74, 6) is 0.845. The van der Waals surface area contributed by atoms with Gasteiger partial charge in [0.1, 0.15) is 0 Å². The molecule has 3 nitrogen and oxygen atoms in total. The number of hydrogen-bond acceptors (Lipinski definition) is 2. The molecule has 1 unspecified atom stereocenters. The second kappa shape index (κ2) is 6.11. The molecule has 0 aliphatic carbocycles. The van der Waals surface area contributed by atoms with Gasteiger partial charge in [0.25, 0.3) is 0 Å². The van der Waals surface area contributed by atoms with Crippen LogP contribution in [0.3, 0.4) is 0 Å². The van der Waals surface area contributed by atoms with Crippen molar-refractivity contribution in [1.29, 1.82) is 0 Å². The molecule has 0 radical (unpaired) electrons. The van der Waals surface area contributed by atoms with Gasteiger partial charge < -0.3 is 10.0 Å². The van der Waals surface area contributed by atoms with Crippen LogP contribution in [0.25, 0.3) is 0 Å². The molecule has 15 heavy (non-hydrogen) atoms. The van der Waals surface area contributed by atoms with E-state index in [0.29, 0.717) is 11.8 Å². The Balaban J connectivity index is 2.31. The van der Waals surface area contributed by atoms with Gasteiger partial charge in [-0.3, -0.25) is 4.79 Å². The molecule has 1 saturated heterocycles. The summed E-state index contributed by atoms with van der Waals surface area (Å²) >= 11 is 0. The number of likely N-dealkylation sites (tertiary alicyclic amines) is 1. The molecule has 0 spiro atoms. The molecule has 0 aromatic rings. The number of nitrogens with zero attached hydrogens (tertiary/aromatic N) is 1. The Bertz CT molecular complexity index is 200. The maximum absolute atomic E-state index is 12.0. The first-order chi connectivity index (χ1) is 7.22. The smallest absolute Gasteiger partial charge is 0.225 e. The van der Waals surface area contributed by atoms with Crippen LogP contribution in [0.2, 0.25) is 0 Å². The van der Waals surface area contributed by atoms with E-state index < -0.39 is 0 Å². The standard InChI is InChI=1S/C12H23NO2/c1-3-5-6-11(4-2)12(15)13-7-10(8-13)9-14/h10-11,14H,3-9H2,1-2H3. The van der Waals surface area contributed by atoms with E-state index in [1.165, 1.54) is 0 Å². The van der Waals surface area contributed by atoms with E-state index in [0.717, 1.165) is 38.8 Å². The maximum Gasteiger partial charge on any atom is 0.225 e. The van der Waals surface area contributed by atoms with E-state index in [-0.39, 0.29) is 12.5 Å². The summed E-state index contributed by atoms with van der Waals surface area (Å²) in [5, 5.41) is 8.88. The highest BCUT2D eigenvalue weighted by molar-refractivity contribution is 5.79. The number of carbonyl (C=O) groups is 1. The SMILES string of the molecule is CCCCC(CC)C(=O)N1CC(CO)C1. The van der Waals surface area contributed by atoms with E-state index in [1.54, 1.807) is 0 Å². The van der Waals surface area contributed by atoms with Crippen LogP contribution in [-0.2, 0) is 4.79 Å². The zero-order valence-corrected chi connectivity index (χ0v) is 9.91. The molecule has 1 heterocycles. The summed E-state index contributed by atoms with van der Waals surface area (Å²) in [6, 6.07) is 0. The lowest BCUT2D eigenvalue weighted by Crippen LogP contribution is -2.53. The Kier molecular flexibility index (Phi) is 5.09. The number of amides is 1. The number of carbonyl (C=O) groups excluding carboxylic acids is 1. The van der Waals surface area contributed by atoms with Crippen molar-refractivity contribution >= 4 is 5.91 Å². The van der Waals surface area contributed by atoms with Gasteiger partial charge in [-0.2, -0.15) is 0 Å². The first-order valence-corrected chi connectivity index (χ1v) is 6.12. The van der Waals surface area contributed by atoms with Gasteiger partial charge in [-0.05, 0) is 12.8 Å². The van der Waals surface area contributed by atoms with Crippen molar-refractivity contribution in [1.82, 2.24) is 4.90 Å². The predicted octanol–water partition coefficient (Wildman–Crippen LogP) is 1.65. The topological polar surface area (TPSA) is 40.5 Å². The van der Waals surface area contributed by atoms with Crippen LogP contribution >= 0.6 is 0 Å². The lowest BCUT2D eigenvalue weighted by molar-refractivity contribution is -0.143. The van der Waals surface area contributed by atoms with Crippen LogP contribution in [0.15, 0.2) is 0 Å². The van der Waals surface area contributed by atoms with Gasteiger partial charge in [0.15, 0.2) is 0 Å². The Hall–Kier alpha value is -0.570. The molecule has 1 amide bonds. The summed E-state index contributed by atoms with van der Waals surface area (Å²) in [4.78, 5) is 13.9. The fourth-order valence-electron chi connectivity index (χ4n) is 2.08. The number of hydrogen-bond donors (Lipinski definition) is 1. The molecule has 0 bridgehead atoms. The van der Waals surface area contributed by atoms with Crippen molar-refractivity contribution in [2.75, 3.05) is 19.7 Å². The molecule has 1 rings (SSSR count). The summed E-state index contributed by atoms with van der Waals surface area (Å²) < 4.78 is 0. The Morgan fingerprint density at radius 1 is 1.47 bits per heavy atom. The average molecular weight is 213 g/mol. The van der Waals surface area contributed by atoms with Gasteiger partial charge >= 0.3 is 0 Å². The van der Waals surface area contributed by atoms with Crippen molar-refractivity contribution < 1.29 is 9.90 Å². The summed E-state index contributed by atoms with van der Waals surface area (Å²) in [5.41, 5.74) is 0. The number of unbranched alkanes of at least 4 members (excludes halogenated alkanes) is 1. The zero-order chi connectivity index (χ0) is 11.3. The largest absolute Gasteiger partial charge is 0.396 e. The molecule has 0 saturated carbocycles. The van der Waals surface area contributed by atoms with Gasteiger partial charge in [0.2, 0.25) is 5.91 Å². The van der Waals surface area contributed by atoms with E-state index in [4.69, 9.17) is 5.11 Å². The Labute approximate surface area is 92.5 Å². The third kappa shape index (κ3) is 3.20. The Morgan fingerprint density at radius 2 is 2.13 bits per heavy atom. The van der Waals surface area contributed by atoms with Crippen LogP contribution in [0.1, 0.15) is 39.5 Å². The van der Waals surface area contributed by atoms with Crippen molar-refractivity contribution in [2.45, 2.75) is 39.5 Å². The third-order valence-electron chi connectivity index (χ3n) is 3.28. The number of rotatable bonds is 6. The highest BCUT2D eigenvalue weighted by atomic mass is 16.3. The van der Waals surface area contributed by atoms with Crippen LogP contribution in [0.5, 0.6) is 0 Å². The predicted molar refractivity (Wildman–Crippen MR) is 60.5 cm³/mol. The van der Waals surface area contributed by atoms with Crippen molar-refractivity contribution in [2.24, 2.45) is 11.8 Å². The lowest BCUT2D eigenvalue weighted by Gasteiger charge is -2.40. The van der Waals surface area contributed by atoms with Crippen LogP contribution in [0.4, 0.5) is 0 Å². The second-order valence-corrected chi connectivity index (χ2v) is 4.54. The minimum Gasteiger partial charge on any atom is -0.396 e. The quantitative estimate of drug-likeness (QED) is 0.729. The van der Waals surface area contributed by atoms with Gasteiger partial charge in [-0.25, -0.2) is 0 Å². The monoisotopic (exact) mass is 213 g/mol. The highest BCUT2D eigenvalue weighted by Crippen LogP contribution is 2.22. The van der Waals surface area contributed by atoms with E-state index in [9.17, 15) is 4.79 Å². The highest BCUT2D eigenvalue weighted by Gasteiger charge is 2.32. The lowest BCUT2D eigenvalue weighted by atomic mass is 9.93. The third-order valence-corrected chi connectivity index (χ3v) is 3.28. The molecule has 1 N–H and O–H groups in total. The number of aliphatic hydroxyl groups is 1. The molecule has 0 aromatic carbocycles. The van der Waals surface area contributed by atoms with Crippen LogP contribution in [0, 0.1) is 11.8 Å². The van der Waals surface area contributed by atoms with Crippen molar-refractivity contribution in [3.8, 4) is 0 Å². The Morgan fingerprint density at radius 3 is 2.60 bits per heavy atom. The molecule has 1 aliphatic heterocycles. The van der Waals surface area contributed by atoms with Gasteiger partial charge in [0, 0.05) is 31.5 Å². The minimum atomic E-state index is 0.213. The second-order valence-electron chi connectivity index (χ2n) is 4.54. The molecule has 1 atom stereocenters. The van der Waals surface area contributed by atoms with Gasteiger partial charge in [0.05, 0.1) is 0 Å². The fraction of sp³-hybridized carbons (Fsp3) is 0.917. The summed E-state index contributed by atoms with van der Waals surface area (Å²) in [6.45, 7) is 5.98. The average Bonchev–Trinajstić information content (AvgIpc) is 2.17. The number of aliphatic hydroxyl groups excluding tert-OH is 1. The summed E-state index contributed by atoms with van der Waals surface area (Å²) in [7, 11) is 0. The van der Waals surface area contributed by atoms with Gasteiger partial charge in [-0.15, -0.1) is 0 Å². The normalized spacial score (nSPS) is 18.7. The van der Waals surface area contributed by atoms with E-state index in [1.807, 2.05) is 4.90 Å². The fourth-order valence-corrected chi connectivity index (χ4v) is 2.08. The molecular weight excluding hydrogens is 190 g/mol. The van der Waals surface area contributed by atoms with Crippen molar-refractivity contribution in [3.05, 3.63) is 0 Å². The first kappa shape index (κ1) is 12.5. The van der Waals surface area contributed by atoms with Crippen molar-refractivity contribution in [3.63, 3.8) is 0 Å². The zero-order valence-electron chi connectivity index (χ0n) is 9.91. The summed E-state index contributed by atoms with van der Waals surface area (Å²) in [6.07, 6.45) is 4.26. The van der Waals surface area contributed by atoms with E-state index in [2.05, 4.69) is 13.8 Å². The van der Waals surface area contributed by atoms with E-state index >= 15 is 0 Å². The molecule has 1 fully saturated rings. The molecule has 88 valence electrons. The van der Waals surface area contributed by atoms with Gasteiger partial charge in [-0.1, -0.05) is 26.7 Å². The molecule has 0 aromatic heterocycles. The molecule has 1 aliphatic rings.